The van der Waals surface area contributed by atoms with Crippen LogP contribution in [0.2, 0.25) is 0 Å². The Kier molecular flexibility index (Phi) is 4.48. The highest BCUT2D eigenvalue weighted by molar-refractivity contribution is 9.09. The van der Waals surface area contributed by atoms with Crippen molar-refractivity contribution in [3.05, 3.63) is 53.9 Å². The topological polar surface area (TPSA) is 57.5 Å². The van der Waals surface area contributed by atoms with Crippen LogP contribution in [0.15, 0.2) is 47.5 Å². The van der Waals surface area contributed by atoms with Crippen molar-refractivity contribution in [2.24, 2.45) is 0 Å². The second-order valence-corrected chi connectivity index (χ2v) is 9.40. The molecule has 3 unspecified atom stereocenters. The first-order valence-corrected chi connectivity index (χ1v) is 10.9. The third-order valence-electron chi connectivity index (χ3n) is 4.67. The Bertz CT molecular complexity index is 885. The number of halogens is 2. The standard InChI is InChI=1S/C17H17BrClNO4S/c18-16-7-6-15-14(17(16)23-11-12(10-19)24-17)8-9-20(15)25(21,22)13-4-2-1-3-5-13/h1-5,8-9,12,16H,6-7,10-11H2. The average Bonchev–Trinajstić information content (AvgIpc) is 3.25. The lowest BCUT2D eigenvalue weighted by molar-refractivity contribution is -0.177. The van der Waals surface area contributed by atoms with E-state index in [-0.39, 0.29) is 15.8 Å². The van der Waals surface area contributed by atoms with Gasteiger partial charge in [0.1, 0.15) is 0 Å². The van der Waals surface area contributed by atoms with E-state index in [1.807, 2.05) is 0 Å². The van der Waals surface area contributed by atoms with Gasteiger partial charge in [-0.1, -0.05) is 34.1 Å². The van der Waals surface area contributed by atoms with Crippen LogP contribution in [0.1, 0.15) is 17.7 Å². The normalized spacial score (nSPS) is 29.0. The molecule has 1 aromatic carbocycles. The molecule has 3 atom stereocenters. The molecule has 0 radical (unpaired) electrons. The van der Waals surface area contributed by atoms with E-state index in [9.17, 15) is 8.42 Å². The summed E-state index contributed by atoms with van der Waals surface area (Å²) in [6.45, 7) is 0.391. The molecule has 0 N–H and O–H groups in total. The molecule has 1 saturated heterocycles. The van der Waals surface area contributed by atoms with Crippen molar-refractivity contribution in [1.82, 2.24) is 3.97 Å². The van der Waals surface area contributed by atoms with E-state index in [4.69, 9.17) is 21.1 Å². The molecule has 1 fully saturated rings. The highest BCUT2D eigenvalue weighted by Gasteiger charge is 2.52. The molecule has 2 heterocycles. The van der Waals surface area contributed by atoms with E-state index in [0.29, 0.717) is 31.0 Å². The molecule has 5 nitrogen and oxygen atoms in total. The van der Waals surface area contributed by atoms with Crippen LogP contribution in [0.5, 0.6) is 0 Å². The first-order chi connectivity index (χ1) is 12.0. The van der Waals surface area contributed by atoms with Gasteiger partial charge in [0.25, 0.3) is 10.0 Å². The van der Waals surface area contributed by atoms with Crippen molar-refractivity contribution in [2.45, 2.75) is 34.5 Å². The number of rotatable bonds is 3. The van der Waals surface area contributed by atoms with Gasteiger partial charge < -0.3 is 9.47 Å². The Labute approximate surface area is 160 Å². The minimum Gasteiger partial charge on any atom is -0.342 e. The lowest BCUT2D eigenvalue weighted by Crippen LogP contribution is -2.42. The van der Waals surface area contributed by atoms with Crippen LogP contribution >= 0.6 is 27.5 Å². The van der Waals surface area contributed by atoms with E-state index < -0.39 is 15.8 Å². The Morgan fingerprint density at radius 1 is 1.28 bits per heavy atom. The molecule has 25 heavy (non-hydrogen) atoms. The van der Waals surface area contributed by atoms with E-state index >= 15 is 0 Å². The third-order valence-corrected chi connectivity index (χ3v) is 7.81. The predicted molar refractivity (Wildman–Crippen MR) is 97.7 cm³/mol. The monoisotopic (exact) mass is 445 g/mol. The third kappa shape index (κ3) is 2.68. The summed E-state index contributed by atoms with van der Waals surface area (Å²) >= 11 is 9.57. The van der Waals surface area contributed by atoms with Gasteiger partial charge in [0.05, 0.1) is 28.3 Å². The van der Waals surface area contributed by atoms with Crippen molar-refractivity contribution in [2.75, 3.05) is 12.5 Å². The molecule has 4 rings (SSSR count). The summed E-state index contributed by atoms with van der Waals surface area (Å²) in [6, 6.07) is 10.2. The fourth-order valence-corrected chi connectivity index (χ4v) is 5.77. The molecular weight excluding hydrogens is 430 g/mol. The molecule has 8 heteroatoms. The Balaban J connectivity index is 1.81. The summed E-state index contributed by atoms with van der Waals surface area (Å²) in [5.74, 6) is -0.648. The van der Waals surface area contributed by atoms with E-state index in [2.05, 4.69) is 15.9 Å². The van der Waals surface area contributed by atoms with Gasteiger partial charge in [0, 0.05) is 17.5 Å². The van der Waals surface area contributed by atoms with Gasteiger partial charge in [-0.3, -0.25) is 0 Å². The lowest BCUT2D eigenvalue weighted by atomic mass is 9.91. The molecule has 1 spiro atoms. The molecule has 0 saturated carbocycles. The molecule has 134 valence electrons. The summed E-state index contributed by atoms with van der Waals surface area (Å²) in [4.78, 5) is 0.200. The van der Waals surface area contributed by atoms with Gasteiger partial charge in [-0.2, -0.15) is 0 Å². The number of aromatic nitrogens is 1. The molecule has 2 aromatic rings. The van der Waals surface area contributed by atoms with Gasteiger partial charge >= 0.3 is 0 Å². The van der Waals surface area contributed by atoms with Crippen molar-refractivity contribution in [3.63, 3.8) is 0 Å². The first kappa shape index (κ1) is 17.5. The Morgan fingerprint density at radius 2 is 2.04 bits per heavy atom. The number of fused-ring (bicyclic) bond motifs is 2. The van der Waals surface area contributed by atoms with E-state index in [0.717, 1.165) is 5.56 Å². The van der Waals surface area contributed by atoms with Crippen molar-refractivity contribution < 1.29 is 17.9 Å². The highest BCUT2D eigenvalue weighted by Crippen LogP contribution is 2.48. The SMILES string of the molecule is O=S(=O)(c1ccccc1)n1ccc2c1CCC(Br)C21OCC(CCl)O1. The second kappa shape index (κ2) is 6.39. The maximum Gasteiger partial charge on any atom is 0.267 e. The van der Waals surface area contributed by atoms with Crippen molar-refractivity contribution in [1.29, 1.82) is 0 Å². The molecule has 0 amide bonds. The zero-order valence-corrected chi connectivity index (χ0v) is 16.4. The minimum absolute atomic E-state index is 0.0593. The maximum absolute atomic E-state index is 13.0. The Morgan fingerprint density at radius 3 is 2.72 bits per heavy atom. The largest absolute Gasteiger partial charge is 0.342 e. The molecular formula is C17H17BrClNO4S. The van der Waals surface area contributed by atoms with Crippen LogP contribution in [-0.4, -0.2) is 35.8 Å². The van der Waals surface area contributed by atoms with Crippen LogP contribution in [0.25, 0.3) is 0 Å². The zero-order valence-electron chi connectivity index (χ0n) is 13.3. The van der Waals surface area contributed by atoms with Gasteiger partial charge in [0.2, 0.25) is 5.79 Å². The molecule has 1 aliphatic carbocycles. The number of ether oxygens (including phenoxy) is 2. The smallest absolute Gasteiger partial charge is 0.267 e. The van der Waals surface area contributed by atoms with Gasteiger partial charge in [0.15, 0.2) is 0 Å². The summed E-state index contributed by atoms with van der Waals surface area (Å²) in [5, 5.41) is 0. The maximum atomic E-state index is 13.0. The first-order valence-electron chi connectivity index (χ1n) is 8.02. The number of alkyl halides is 2. The van der Waals surface area contributed by atoms with E-state index in [1.165, 1.54) is 3.97 Å². The fourth-order valence-electron chi connectivity index (χ4n) is 3.48. The van der Waals surface area contributed by atoms with Crippen LogP contribution in [0.3, 0.4) is 0 Å². The van der Waals surface area contributed by atoms with Gasteiger partial charge in [-0.15, -0.1) is 11.6 Å². The van der Waals surface area contributed by atoms with Crippen molar-refractivity contribution >= 4 is 37.6 Å². The number of benzene rings is 1. The van der Waals surface area contributed by atoms with Crippen LogP contribution in [0, 0.1) is 0 Å². The summed E-state index contributed by atoms with van der Waals surface area (Å²) < 4.78 is 39.5. The summed E-state index contributed by atoms with van der Waals surface area (Å²) in [6.07, 6.45) is 2.70. The number of hydrogen-bond acceptors (Lipinski definition) is 4. The quantitative estimate of drug-likeness (QED) is 0.679. The average molecular weight is 447 g/mol. The van der Waals surface area contributed by atoms with Crippen molar-refractivity contribution in [3.8, 4) is 0 Å². The number of hydrogen-bond donors (Lipinski definition) is 0. The molecule has 1 aliphatic heterocycles. The zero-order chi connectivity index (χ0) is 17.7. The summed E-state index contributed by atoms with van der Waals surface area (Å²) in [5.41, 5.74) is 1.46. The molecule has 2 aliphatic rings. The van der Waals surface area contributed by atoms with E-state index in [1.54, 1.807) is 42.6 Å². The van der Waals surface area contributed by atoms with Gasteiger partial charge in [-0.25, -0.2) is 12.4 Å². The summed E-state index contributed by atoms with van der Waals surface area (Å²) in [7, 11) is -3.66. The highest BCUT2D eigenvalue weighted by atomic mass is 79.9. The second-order valence-electron chi connectivity index (χ2n) is 6.17. The molecule has 1 aromatic heterocycles. The lowest BCUT2D eigenvalue weighted by Gasteiger charge is -2.37. The fraction of sp³-hybridized carbons (Fsp3) is 0.412. The minimum atomic E-state index is -3.66. The van der Waals surface area contributed by atoms with Crippen LogP contribution in [-0.2, 0) is 31.7 Å². The predicted octanol–water partition coefficient (Wildman–Crippen LogP) is 3.24. The van der Waals surface area contributed by atoms with Crippen LogP contribution < -0.4 is 0 Å². The Hall–Kier alpha value is -0.860. The molecule has 0 bridgehead atoms. The van der Waals surface area contributed by atoms with Crippen LogP contribution in [0.4, 0.5) is 0 Å². The number of nitrogens with zero attached hydrogens (tertiary/aromatic N) is 1. The van der Waals surface area contributed by atoms with Gasteiger partial charge in [-0.05, 0) is 31.0 Å².